The molecule has 2 heterocycles. The largest absolute Gasteiger partial charge is 0.573 e. The first kappa shape index (κ1) is 28.8. The lowest BCUT2D eigenvalue weighted by molar-refractivity contribution is -0.274. The lowest BCUT2D eigenvalue weighted by Gasteiger charge is -2.17. The highest BCUT2D eigenvalue weighted by molar-refractivity contribution is 8.15. The Morgan fingerprint density at radius 3 is 2.52 bits per heavy atom. The quantitative estimate of drug-likeness (QED) is 0.237. The van der Waals surface area contributed by atoms with Crippen molar-refractivity contribution in [3.63, 3.8) is 0 Å². The number of rotatable bonds is 7. The second-order valence-corrected chi connectivity index (χ2v) is 9.93. The summed E-state index contributed by atoms with van der Waals surface area (Å²) in [6.07, 6.45) is -3.84. The van der Waals surface area contributed by atoms with E-state index in [1.54, 1.807) is 25.1 Å². The highest BCUT2D eigenvalue weighted by atomic mass is 32.2. The fourth-order valence-corrected chi connectivity index (χ4v) is 4.83. The van der Waals surface area contributed by atoms with Crippen molar-refractivity contribution in [2.75, 3.05) is 17.3 Å². The summed E-state index contributed by atoms with van der Waals surface area (Å²) in [5.74, 6) is -0.896. The number of thioether (sulfide) groups is 1. The molecule has 0 saturated carbocycles. The van der Waals surface area contributed by atoms with E-state index in [4.69, 9.17) is 4.74 Å². The number of anilines is 1. The maximum atomic E-state index is 14.4. The van der Waals surface area contributed by atoms with Gasteiger partial charge in [0.1, 0.15) is 17.9 Å². The van der Waals surface area contributed by atoms with E-state index in [1.165, 1.54) is 47.4 Å². The Labute approximate surface area is 240 Å². The zero-order valence-electron chi connectivity index (χ0n) is 21.8. The Hall–Kier alpha value is -4.72. The van der Waals surface area contributed by atoms with Crippen molar-refractivity contribution >= 4 is 34.6 Å². The van der Waals surface area contributed by atoms with Gasteiger partial charge in [0.15, 0.2) is 11.0 Å². The van der Waals surface area contributed by atoms with Crippen molar-refractivity contribution in [2.24, 2.45) is 4.99 Å². The molecular weight excluding hydrogens is 578 g/mol. The Morgan fingerprint density at radius 2 is 1.81 bits per heavy atom. The van der Waals surface area contributed by atoms with E-state index in [9.17, 15) is 27.2 Å². The fraction of sp³-hybridized carbons (Fsp3) is 0.179. The smallest absolute Gasteiger partial charge is 0.448 e. The molecule has 1 aromatic heterocycles. The number of halogens is 4. The van der Waals surface area contributed by atoms with Crippen LogP contribution in [0, 0.1) is 12.7 Å². The second kappa shape index (κ2) is 12.0. The summed E-state index contributed by atoms with van der Waals surface area (Å²) in [6, 6.07) is 16.8. The number of carbonyl (C=O) groups excluding carboxylic acids is 2. The van der Waals surface area contributed by atoms with Crippen molar-refractivity contribution in [3.8, 4) is 22.8 Å². The van der Waals surface area contributed by atoms with Crippen LogP contribution in [0.4, 0.5) is 28.0 Å². The van der Waals surface area contributed by atoms with Gasteiger partial charge in [0.05, 0.1) is 23.7 Å². The molecule has 3 aromatic carbocycles. The van der Waals surface area contributed by atoms with E-state index in [-0.39, 0.29) is 34.9 Å². The molecule has 5 rings (SSSR count). The summed E-state index contributed by atoms with van der Waals surface area (Å²) in [5, 5.41) is 4.42. The standard InChI is InChI=1S/C28H21F4N5O4S/c1-17-2-11-22(29)23(14-17)37-24(38)15-42-26(37)34-27(39)40-13-12-18-3-5-19(6-4-18)25-33-16-36(35-25)20-7-9-21(10-8-20)41-28(30,31)32/h2-11,14,16H,12-13,15H2,1H3/b34-26-. The molecule has 1 aliphatic rings. The number of alkyl halides is 3. The first-order valence-corrected chi connectivity index (χ1v) is 13.4. The highest BCUT2D eigenvalue weighted by Crippen LogP contribution is 2.30. The predicted molar refractivity (Wildman–Crippen MR) is 147 cm³/mol. The van der Waals surface area contributed by atoms with Crippen molar-refractivity contribution in [1.29, 1.82) is 0 Å². The Kier molecular flexibility index (Phi) is 8.24. The van der Waals surface area contributed by atoms with Crippen LogP contribution in [0.15, 0.2) is 78.0 Å². The first-order valence-electron chi connectivity index (χ1n) is 12.4. The van der Waals surface area contributed by atoms with Crippen molar-refractivity contribution in [1.82, 2.24) is 14.8 Å². The molecular formula is C28H21F4N5O4S. The summed E-state index contributed by atoms with van der Waals surface area (Å²) >= 11 is 1.03. The third-order valence-electron chi connectivity index (χ3n) is 5.95. The number of carbonyl (C=O) groups is 2. The highest BCUT2D eigenvalue weighted by Gasteiger charge is 2.33. The monoisotopic (exact) mass is 599 g/mol. The molecule has 0 bridgehead atoms. The molecule has 0 spiro atoms. The molecule has 1 saturated heterocycles. The number of amidine groups is 1. The van der Waals surface area contributed by atoms with Crippen LogP contribution in [-0.4, -0.2) is 50.7 Å². The number of amides is 2. The summed E-state index contributed by atoms with van der Waals surface area (Å²) in [6.45, 7) is 1.79. The number of hydrogen-bond acceptors (Lipinski definition) is 7. The number of nitrogens with zero attached hydrogens (tertiary/aromatic N) is 5. The van der Waals surface area contributed by atoms with E-state index in [0.717, 1.165) is 27.8 Å². The average Bonchev–Trinajstić information content (AvgIpc) is 3.57. The van der Waals surface area contributed by atoms with Crippen molar-refractivity contribution < 1.29 is 36.6 Å². The number of hydrogen-bond donors (Lipinski definition) is 0. The molecule has 0 unspecified atom stereocenters. The van der Waals surface area contributed by atoms with E-state index in [1.807, 2.05) is 12.1 Å². The number of benzene rings is 3. The molecule has 42 heavy (non-hydrogen) atoms. The Morgan fingerprint density at radius 1 is 1.07 bits per heavy atom. The molecule has 0 atom stereocenters. The topological polar surface area (TPSA) is 98.9 Å². The van der Waals surface area contributed by atoms with Crippen LogP contribution in [0.2, 0.25) is 0 Å². The molecule has 1 aliphatic heterocycles. The number of aryl methyl sites for hydroxylation is 1. The molecule has 9 nitrogen and oxygen atoms in total. The van der Waals surface area contributed by atoms with Gasteiger partial charge in [-0.25, -0.2) is 18.9 Å². The summed E-state index contributed by atoms with van der Waals surface area (Å²) in [7, 11) is 0. The molecule has 2 amide bonds. The maximum absolute atomic E-state index is 14.4. The zero-order valence-corrected chi connectivity index (χ0v) is 22.7. The van der Waals surface area contributed by atoms with E-state index < -0.39 is 18.3 Å². The van der Waals surface area contributed by atoms with Gasteiger partial charge in [-0.3, -0.25) is 9.69 Å². The third-order valence-corrected chi connectivity index (χ3v) is 6.87. The fourth-order valence-electron chi connectivity index (χ4n) is 3.98. The van der Waals surface area contributed by atoms with Crippen LogP contribution >= 0.6 is 11.8 Å². The Balaban J connectivity index is 1.16. The summed E-state index contributed by atoms with van der Waals surface area (Å²) in [4.78, 5) is 33.9. The van der Waals surface area contributed by atoms with Gasteiger partial charge in [-0.2, -0.15) is 4.99 Å². The van der Waals surface area contributed by atoms with Gasteiger partial charge in [0, 0.05) is 12.0 Å². The number of aliphatic imine (C=N–C) groups is 1. The lowest BCUT2D eigenvalue weighted by atomic mass is 10.1. The molecule has 4 aromatic rings. The summed E-state index contributed by atoms with van der Waals surface area (Å²) in [5.41, 5.74) is 2.83. The van der Waals surface area contributed by atoms with Crippen molar-refractivity contribution in [3.05, 3.63) is 90.0 Å². The second-order valence-electron chi connectivity index (χ2n) is 8.98. The van der Waals surface area contributed by atoms with Crippen LogP contribution < -0.4 is 9.64 Å². The van der Waals surface area contributed by atoms with E-state index in [2.05, 4.69) is 19.8 Å². The van der Waals surface area contributed by atoms with Crippen molar-refractivity contribution in [2.45, 2.75) is 19.7 Å². The van der Waals surface area contributed by atoms with Crippen LogP contribution in [-0.2, 0) is 16.0 Å². The normalized spacial score (nSPS) is 14.5. The van der Waals surface area contributed by atoms with Gasteiger partial charge >= 0.3 is 12.5 Å². The van der Waals surface area contributed by atoms with Gasteiger partial charge in [-0.05, 0) is 54.4 Å². The third kappa shape index (κ3) is 6.94. The Bertz CT molecular complexity index is 1640. The minimum absolute atomic E-state index is 0.0211. The molecule has 0 aliphatic carbocycles. The molecule has 14 heteroatoms. The van der Waals surface area contributed by atoms with E-state index in [0.29, 0.717) is 23.5 Å². The number of ether oxygens (including phenoxy) is 2. The van der Waals surface area contributed by atoms with Gasteiger partial charge in [0.25, 0.3) is 0 Å². The van der Waals surface area contributed by atoms with Crippen LogP contribution in [0.3, 0.4) is 0 Å². The van der Waals surface area contributed by atoms with Gasteiger partial charge in [-0.15, -0.1) is 18.3 Å². The van der Waals surface area contributed by atoms with Gasteiger partial charge in [-0.1, -0.05) is 42.1 Å². The predicted octanol–water partition coefficient (Wildman–Crippen LogP) is 6.10. The lowest BCUT2D eigenvalue weighted by Crippen LogP contribution is -2.30. The van der Waals surface area contributed by atoms with Crippen LogP contribution in [0.1, 0.15) is 11.1 Å². The number of aromatic nitrogens is 3. The molecule has 1 fully saturated rings. The zero-order chi connectivity index (χ0) is 29.9. The van der Waals surface area contributed by atoms with Gasteiger partial charge in [0.2, 0.25) is 5.91 Å². The minimum Gasteiger partial charge on any atom is -0.448 e. The van der Waals surface area contributed by atoms with Crippen LogP contribution in [0.5, 0.6) is 5.75 Å². The molecule has 216 valence electrons. The summed E-state index contributed by atoms with van der Waals surface area (Å²) < 4.78 is 61.9. The molecule has 0 N–H and O–H groups in total. The molecule has 0 radical (unpaired) electrons. The SMILES string of the molecule is Cc1ccc(F)c(N2C(=O)CS/C2=N\C(=O)OCCc2ccc(-c3ncn(-c4ccc(OC(F)(F)F)cc4)n3)cc2)c1. The first-order chi connectivity index (χ1) is 20.1. The minimum atomic E-state index is -4.77. The average molecular weight is 600 g/mol. The maximum Gasteiger partial charge on any atom is 0.573 e. The van der Waals surface area contributed by atoms with Gasteiger partial charge < -0.3 is 9.47 Å². The van der Waals surface area contributed by atoms with E-state index >= 15 is 0 Å². The van der Waals surface area contributed by atoms with Crippen LogP contribution in [0.25, 0.3) is 17.1 Å².